The van der Waals surface area contributed by atoms with E-state index in [0.29, 0.717) is 19.1 Å². The quantitative estimate of drug-likeness (QED) is 0.528. The van der Waals surface area contributed by atoms with Crippen LogP contribution >= 0.6 is 8.46 Å². The van der Waals surface area contributed by atoms with Crippen molar-refractivity contribution < 1.29 is 19.1 Å². The third kappa shape index (κ3) is 2.96. The van der Waals surface area contributed by atoms with Crippen molar-refractivity contribution in [1.82, 2.24) is 0 Å². The van der Waals surface area contributed by atoms with E-state index < -0.39 is 5.53 Å². The summed E-state index contributed by atoms with van der Waals surface area (Å²) in [5.41, 5.74) is -0.113. The van der Waals surface area contributed by atoms with Crippen LogP contribution in [0.3, 0.4) is 0 Å². The highest BCUT2D eigenvalue weighted by molar-refractivity contribution is 7.25. The fourth-order valence-corrected chi connectivity index (χ4v) is 6.97. The molecule has 1 heterocycles. The van der Waals surface area contributed by atoms with Gasteiger partial charge >= 0.3 is 0 Å². The number of hydrogen-bond donors (Lipinski definition) is 0. The van der Waals surface area contributed by atoms with Gasteiger partial charge in [0.15, 0.2) is 0 Å². The van der Waals surface area contributed by atoms with Gasteiger partial charge in [0.2, 0.25) is 8.46 Å². The van der Waals surface area contributed by atoms with E-state index in [-0.39, 0.29) is 14.4 Å². The average molecular weight is 374 g/mol. The van der Waals surface area contributed by atoms with Gasteiger partial charge in [-0.3, -0.25) is 4.57 Å². The number of benzene rings is 1. The Morgan fingerprint density at radius 2 is 1.73 bits per heavy atom. The SMILES string of the molecule is O=PC1(OCC2C3CC4CC(C3)CC2C4)OOCCC1c1ccccc1. The van der Waals surface area contributed by atoms with Crippen molar-refractivity contribution in [1.29, 1.82) is 0 Å². The van der Waals surface area contributed by atoms with Gasteiger partial charge < -0.3 is 4.74 Å². The summed E-state index contributed by atoms with van der Waals surface area (Å²) < 4.78 is 18.6. The van der Waals surface area contributed by atoms with Crippen molar-refractivity contribution in [3.8, 4) is 0 Å². The first-order valence-electron chi connectivity index (χ1n) is 10.1. The summed E-state index contributed by atoms with van der Waals surface area (Å²) in [7, 11) is -0.153. The van der Waals surface area contributed by atoms with Crippen LogP contribution in [0.5, 0.6) is 0 Å². The molecule has 2 atom stereocenters. The minimum absolute atomic E-state index is 0.0755. The minimum Gasteiger partial charge on any atom is -0.338 e. The fourth-order valence-electron chi connectivity index (χ4n) is 6.35. The van der Waals surface area contributed by atoms with Crippen molar-refractivity contribution >= 4 is 8.46 Å². The van der Waals surface area contributed by atoms with Gasteiger partial charge in [-0.15, -0.1) is 0 Å². The lowest BCUT2D eigenvalue weighted by molar-refractivity contribution is -0.425. The van der Waals surface area contributed by atoms with Gasteiger partial charge in [0.1, 0.15) is 0 Å². The van der Waals surface area contributed by atoms with Crippen molar-refractivity contribution in [3.05, 3.63) is 35.9 Å². The molecule has 4 aliphatic carbocycles. The van der Waals surface area contributed by atoms with Crippen LogP contribution in [0.4, 0.5) is 0 Å². The van der Waals surface area contributed by atoms with Gasteiger partial charge in [-0.1, -0.05) is 30.3 Å². The van der Waals surface area contributed by atoms with Gasteiger partial charge in [-0.2, -0.15) is 4.89 Å². The van der Waals surface area contributed by atoms with E-state index in [1.807, 2.05) is 18.2 Å². The zero-order valence-corrected chi connectivity index (χ0v) is 16.0. The largest absolute Gasteiger partial charge is 0.338 e. The summed E-state index contributed by atoms with van der Waals surface area (Å²) in [4.78, 5) is 10.8. The van der Waals surface area contributed by atoms with Crippen molar-refractivity contribution in [2.24, 2.45) is 29.6 Å². The maximum absolute atomic E-state index is 12.2. The molecule has 6 rings (SSSR count). The van der Waals surface area contributed by atoms with E-state index in [4.69, 9.17) is 14.5 Å². The van der Waals surface area contributed by atoms with Gasteiger partial charge in [-0.25, -0.2) is 4.89 Å². The topological polar surface area (TPSA) is 44.8 Å². The highest BCUT2D eigenvalue weighted by atomic mass is 31.1. The Balaban J connectivity index is 1.34. The summed E-state index contributed by atoms with van der Waals surface area (Å²) in [6.45, 7) is 1.13. The molecule has 0 amide bonds. The zero-order valence-electron chi connectivity index (χ0n) is 15.1. The molecule has 4 bridgehead atoms. The molecular formula is C21H27O4P. The summed E-state index contributed by atoms with van der Waals surface area (Å²) in [5, 5.41) is 0. The smallest absolute Gasteiger partial charge is 0.289 e. The molecule has 5 fully saturated rings. The van der Waals surface area contributed by atoms with Gasteiger partial charge in [0.25, 0.3) is 5.53 Å². The van der Waals surface area contributed by atoms with Crippen molar-refractivity contribution in [2.45, 2.75) is 50.0 Å². The predicted molar refractivity (Wildman–Crippen MR) is 97.7 cm³/mol. The highest BCUT2D eigenvalue weighted by Crippen LogP contribution is 2.57. The second kappa shape index (κ2) is 6.98. The van der Waals surface area contributed by atoms with Crippen LogP contribution in [0.1, 0.15) is 50.0 Å². The molecule has 26 heavy (non-hydrogen) atoms. The second-order valence-corrected chi connectivity index (χ2v) is 9.59. The monoisotopic (exact) mass is 374 g/mol. The maximum Gasteiger partial charge on any atom is 0.289 e. The summed E-state index contributed by atoms with van der Waals surface area (Å²) in [6.07, 6.45) is 7.66. The molecule has 140 valence electrons. The third-order valence-electron chi connectivity index (χ3n) is 7.34. The Morgan fingerprint density at radius 1 is 1.04 bits per heavy atom. The fraction of sp³-hybridized carbons (Fsp3) is 0.714. The molecule has 1 aromatic rings. The van der Waals surface area contributed by atoms with Crippen LogP contribution in [-0.2, 0) is 19.1 Å². The first-order valence-corrected chi connectivity index (χ1v) is 10.9. The third-order valence-corrected chi connectivity index (χ3v) is 8.11. The lowest BCUT2D eigenvalue weighted by Crippen LogP contribution is -2.49. The van der Waals surface area contributed by atoms with Gasteiger partial charge in [0, 0.05) is 0 Å². The van der Waals surface area contributed by atoms with E-state index in [9.17, 15) is 4.57 Å². The minimum atomic E-state index is -1.21. The molecule has 0 N–H and O–H groups in total. The van der Waals surface area contributed by atoms with E-state index in [1.165, 1.54) is 32.1 Å². The molecule has 0 radical (unpaired) electrons. The number of hydrogen-bond acceptors (Lipinski definition) is 4. The molecule has 0 aromatic heterocycles. The molecular weight excluding hydrogens is 347 g/mol. The molecule has 2 unspecified atom stereocenters. The summed E-state index contributed by atoms with van der Waals surface area (Å²) >= 11 is 0. The molecule has 4 nitrogen and oxygen atoms in total. The van der Waals surface area contributed by atoms with E-state index in [1.54, 1.807) is 0 Å². The Bertz CT molecular complexity index is 623. The van der Waals surface area contributed by atoms with E-state index in [0.717, 1.165) is 35.7 Å². The molecule has 1 aromatic carbocycles. The Labute approximate surface area is 156 Å². The molecule has 5 heteroatoms. The molecule has 0 spiro atoms. The van der Waals surface area contributed by atoms with Gasteiger partial charge in [0.05, 0.1) is 19.1 Å². The average Bonchev–Trinajstić information content (AvgIpc) is 2.68. The van der Waals surface area contributed by atoms with Crippen molar-refractivity contribution in [2.75, 3.05) is 13.2 Å². The molecule has 5 aliphatic rings. The van der Waals surface area contributed by atoms with Crippen molar-refractivity contribution in [3.63, 3.8) is 0 Å². The zero-order chi connectivity index (χ0) is 17.6. The Morgan fingerprint density at radius 3 is 2.38 bits per heavy atom. The lowest BCUT2D eigenvalue weighted by Gasteiger charge is -2.54. The lowest BCUT2D eigenvalue weighted by atomic mass is 9.52. The molecule has 4 saturated carbocycles. The van der Waals surface area contributed by atoms with Crippen LogP contribution in [0.15, 0.2) is 30.3 Å². The van der Waals surface area contributed by atoms with Crippen LogP contribution in [0, 0.1) is 29.6 Å². The maximum atomic E-state index is 12.2. The number of ether oxygens (including phenoxy) is 1. The normalized spacial score (nSPS) is 44.5. The first-order chi connectivity index (χ1) is 12.8. The predicted octanol–water partition coefficient (Wildman–Crippen LogP) is 5.16. The van der Waals surface area contributed by atoms with E-state index >= 15 is 0 Å². The first kappa shape index (κ1) is 17.3. The number of rotatable bonds is 5. The molecule has 1 saturated heterocycles. The van der Waals surface area contributed by atoms with Crippen LogP contribution in [0.2, 0.25) is 0 Å². The summed E-state index contributed by atoms with van der Waals surface area (Å²) in [6, 6.07) is 10.1. The highest BCUT2D eigenvalue weighted by Gasteiger charge is 2.52. The van der Waals surface area contributed by atoms with Crippen LogP contribution < -0.4 is 0 Å². The van der Waals surface area contributed by atoms with Crippen LogP contribution in [-0.4, -0.2) is 18.7 Å². The van der Waals surface area contributed by atoms with Gasteiger partial charge in [-0.05, 0) is 73.7 Å². The van der Waals surface area contributed by atoms with Crippen LogP contribution in [0.25, 0.3) is 0 Å². The second-order valence-electron chi connectivity index (χ2n) is 8.78. The summed E-state index contributed by atoms with van der Waals surface area (Å²) in [5.74, 6) is 3.98. The Hall–Kier alpha value is -0.800. The molecule has 1 aliphatic heterocycles. The Kier molecular flexibility index (Phi) is 4.65. The van der Waals surface area contributed by atoms with E-state index in [2.05, 4.69) is 12.1 Å². The standard InChI is InChI=1S/C21H27O4P/c22-26-21(20(6-7-24-25-21)16-4-2-1-3-5-16)23-13-19-17-9-14-8-15(11-17)12-18(19)10-14/h1-5,14-15,17-20H,6-13H2.